The number of fused-ring (bicyclic) bond motifs is 2. The van der Waals surface area contributed by atoms with Gasteiger partial charge in [-0.1, -0.05) is 24.3 Å². The molecule has 2 aliphatic rings. The highest BCUT2D eigenvalue weighted by atomic mass is 127. The van der Waals surface area contributed by atoms with Crippen LogP contribution in [0.1, 0.15) is 30.4 Å². The van der Waals surface area contributed by atoms with Crippen molar-refractivity contribution in [2.45, 2.75) is 50.6 Å². The zero-order valence-corrected chi connectivity index (χ0v) is 17.2. The Kier molecular flexibility index (Phi) is 6.47. The molecule has 2 aromatic rings. The van der Waals surface area contributed by atoms with Crippen LogP contribution in [0, 0.1) is 0 Å². The Balaban J connectivity index is 0.00000196. The second-order valence-corrected chi connectivity index (χ2v) is 6.70. The lowest BCUT2D eigenvalue weighted by Gasteiger charge is -2.22. The molecule has 0 radical (unpaired) electrons. The lowest BCUT2D eigenvalue weighted by Crippen LogP contribution is -2.47. The second kappa shape index (κ2) is 8.81. The van der Waals surface area contributed by atoms with Gasteiger partial charge in [0, 0.05) is 13.6 Å². The molecule has 3 atom stereocenters. The van der Waals surface area contributed by atoms with Gasteiger partial charge in [-0.15, -0.1) is 24.0 Å². The molecule has 140 valence electrons. The van der Waals surface area contributed by atoms with Crippen LogP contribution in [0.25, 0.3) is 0 Å². The molecule has 2 aliphatic heterocycles. The van der Waals surface area contributed by atoms with Gasteiger partial charge in [0.05, 0.1) is 24.8 Å². The molecular weight excluding hydrogens is 443 g/mol. The van der Waals surface area contributed by atoms with E-state index in [4.69, 9.17) is 4.74 Å². The van der Waals surface area contributed by atoms with Crippen molar-refractivity contribution >= 4 is 29.9 Å². The minimum atomic E-state index is 0. The number of nitrogens with zero attached hydrogens (tertiary/aromatic N) is 4. The monoisotopic (exact) mass is 468 g/mol. The maximum absolute atomic E-state index is 5.90. The Morgan fingerprint density at radius 1 is 1.35 bits per heavy atom. The Bertz CT molecular complexity index is 735. The van der Waals surface area contributed by atoms with Crippen molar-refractivity contribution in [2.75, 3.05) is 7.05 Å². The summed E-state index contributed by atoms with van der Waals surface area (Å²) in [5.41, 5.74) is 2.42. The summed E-state index contributed by atoms with van der Waals surface area (Å²) in [6.45, 7) is 1.45. The number of aliphatic imine (C=N–C) groups is 1. The number of guanidine groups is 1. The van der Waals surface area contributed by atoms with E-state index in [9.17, 15) is 0 Å². The summed E-state index contributed by atoms with van der Waals surface area (Å²) in [6.07, 6.45) is 7.51. The highest BCUT2D eigenvalue weighted by Gasteiger charge is 2.41. The van der Waals surface area contributed by atoms with E-state index in [-0.39, 0.29) is 24.0 Å². The van der Waals surface area contributed by atoms with Crippen LogP contribution in [0.4, 0.5) is 0 Å². The molecule has 2 N–H and O–H groups in total. The molecular formula is C18H25IN6O. The van der Waals surface area contributed by atoms with E-state index in [1.807, 2.05) is 11.7 Å². The van der Waals surface area contributed by atoms with Crippen molar-refractivity contribution < 1.29 is 4.74 Å². The largest absolute Gasteiger partial charge is 0.373 e. The zero-order valence-electron chi connectivity index (χ0n) is 14.8. The lowest BCUT2D eigenvalue weighted by atomic mass is 9.96. The van der Waals surface area contributed by atoms with Gasteiger partial charge in [-0.2, -0.15) is 5.10 Å². The molecule has 3 heterocycles. The van der Waals surface area contributed by atoms with Gasteiger partial charge < -0.3 is 15.4 Å². The molecule has 3 unspecified atom stereocenters. The SMILES string of the molecule is CN=C(NCc1cccc(Cn2cncn2)c1)NC1CC2CCC1O2.I. The van der Waals surface area contributed by atoms with Gasteiger partial charge in [0.1, 0.15) is 12.7 Å². The van der Waals surface area contributed by atoms with Crippen LogP contribution in [0.5, 0.6) is 0 Å². The van der Waals surface area contributed by atoms with Crippen LogP contribution in [0.2, 0.25) is 0 Å². The molecule has 0 spiro atoms. The predicted molar refractivity (Wildman–Crippen MR) is 111 cm³/mol. The molecule has 1 aromatic carbocycles. The summed E-state index contributed by atoms with van der Waals surface area (Å²) >= 11 is 0. The molecule has 26 heavy (non-hydrogen) atoms. The van der Waals surface area contributed by atoms with Crippen molar-refractivity contribution in [1.29, 1.82) is 0 Å². The van der Waals surface area contributed by atoms with E-state index in [0.717, 1.165) is 31.9 Å². The minimum Gasteiger partial charge on any atom is -0.373 e. The third-order valence-electron chi connectivity index (χ3n) is 4.91. The maximum Gasteiger partial charge on any atom is 0.191 e. The molecule has 4 rings (SSSR count). The van der Waals surface area contributed by atoms with E-state index in [2.05, 4.69) is 50.0 Å². The van der Waals surface area contributed by atoms with E-state index in [1.165, 1.54) is 17.5 Å². The number of nitrogens with one attached hydrogen (secondary N) is 2. The van der Waals surface area contributed by atoms with Gasteiger partial charge in [-0.05, 0) is 30.4 Å². The highest BCUT2D eigenvalue weighted by Crippen LogP contribution is 2.34. The fraction of sp³-hybridized carbons (Fsp3) is 0.500. The molecule has 2 fully saturated rings. The van der Waals surface area contributed by atoms with Gasteiger partial charge >= 0.3 is 0 Å². The molecule has 0 saturated carbocycles. The number of halogens is 1. The van der Waals surface area contributed by atoms with Crippen LogP contribution >= 0.6 is 24.0 Å². The first-order chi connectivity index (χ1) is 12.3. The fourth-order valence-electron chi connectivity index (χ4n) is 3.69. The zero-order chi connectivity index (χ0) is 17.1. The minimum absolute atomic E-state index is 0. The van der Waals surface area contributed by atoms with E-state index < -0.39 is 0 Å². The van der Waals surface area contributed by atoms with Gasteiger partial charge in [-0.25, -0.2) is 9.67 Å². The number of ether oxygens (including phenoxy) is 1. The van der Waals surface area contributed by atoms with Crippen molar-refractivity contribution in [3.8, 4) is 0 Å². The van der Waals surface area contributed by atoms with E-state index >= 15 is 0 Å². The molecule has 0 amide bonds. The first-order valence-corrected chi connectivity index (χ1v) is 8.83. The summed E-state index contributed by atoms with van der Waals surface area (Å²) in [6, 6.07) is 8.85. The van der Waals surface area contributed by atoms with Crippen molar-refractivity contribution in [3.63, 3.8) is 0 Å². The Morgan fingerprint density at radius 2 is 2.23 bits per heavy atom. The molecule has 2 bridgehead atoms. The Morgan fingerprint density at radius 3 is 2.92 bits per heavy atom. The van der Waals surface area contributed by atoms with Crippen LogP contribution < -0.4 is 10.6 Å². The summed E-state index contributed by atoms with van der Waals surface area (Å²) in [4.78, 5) is 8.33. The fourth-order valence-corrected chi connectivity index (χ4v) is 3.69. The van der Waals surface area contributed by atoms with Crippen LogP contribution in [0.15, 0.2) is 41.9 Å². The van der Waals surface area contributed by atoms with Gasteiger partial charge in [0.15, 0.2) is 5.96 Å². The quantitative estimate of drug-likeness (QED) is 0.399. The highest BCUT2D eigenvalue weighted by molar-refractivity contribution is 14.0. The average molecular weight is 468 g/mol. The normalized spacial score (nSPS) is 24.3. The Labute approximate surface area is 170 Å². The first-order valence-electron chi connectivity index (χ1n) is 8.83. The number of hydrogen-bond donors (Lipinski definition) is 2. The second-order valence-electron chi connectivity index (χ2n) is 6.70. The van der Waals surface area contributed by atoms with Gasteiger partial charge in [-0.3, -0.25) is 4.99 Å². The number of rotatable bonds is 5. The number of aromatic nitrogens is 3. The first kappa shape index (κ1) is 19.1. The maximum atomic E-state index is 5.90. The summed E-state index contributed by atoms with van der Waals surface area (Å²) < 4.78 is 7.72. The topological polar surface area (TPSA) is 76.4 Å². The van der Waals surface area contributed by atoms with E-state index in [0.29, 0.717) is 18.2 Å². The number of benzene rings is 1. The van der Waals surface area contributed by atoms with Crippen LogP contribution in [-0.4, -0.2) is 46.0 Å². The van der Waals surface area contributed by atoms with Crippen LogP contribution in [-0.2, 0) is 17.8 Å². The van der Waals surface area contributed by atoms with Crippen molar-refractivity contribution in [3.05, 3.63) is 48.0 Å². The third-order valence-corrected chi connectivity index (χ3v) is 4.91. The van der Waals surface area contributed by atoms with E-state index in [1.54, 1.807) is 12.7 Å². The summed E-state index contributed by atoms with van der Waals surface area (Å²) in [5.74, 6) is 0.836. The smallest absolute Gasteiger partial charge is 0.191 e. The van der Waals surface area contributed by atoms with Crippen molar-refractivity contribution in [1.82, 2.24) is 25.4 Å². The van der Waals surface area contributed by atoms with Crippen LogP contribution in [0.3, 0.4) is 0 Å². The third kappa shape index (κ3) is 4.53. The standard InChI is InChI=1S/C18H24N6O.HI/c1-19-18(23-16-8-15-5-6-17(16)25-15)21-9-13-3-2-4-14(7-13)10-24-12-20-11-22-24;/h2-4,7,11-12,15-17H,5-6,8-10H2,1H3,(H2,19,21,23);1H. The molecule has 2 saturated heterocycles. The predicted octanol–water partition coefficient (Wildman–Crippen LogP) is 1.93. The summed E-state index contributed by atoms with van der Waals surface area (Å²) in [5, 5.41) is 11.1. The average Bonchev–Trinajstić information content (AvgIpc) is 3.37. The summed E-state index contributed by atoms with van der Waals surface area (Å²) in [7, 11) is 1.81. The van der Waals surface area contributed by atoms with Crippen molar-refractivity contribution in [2.24, 2.45) is 4.99 Å². The lowest BCUT2D eigenvalue weighted by molar-refractivity contribution is 0.0992. The number of hydrogen-bond acceptors (Lipinski definition) is 4. The molecule has 0 aliphatic carbocycles. The Hall–Kier alpha value is -1.68. The van der Waals surface area contributed by atoms with Gasteiger partial charge in [0.25, 0.3) is 0 Å². The molecule has 1 aromatic heterocycles. The molecule has 8 heteroatoms. The molecule has 7 nitrogen and oxygen atoms in total. The van der Waals surface area contributed by atoms with Gasteiger partial charge in [0.2, 0.25) is 0 Å².